The lowest BCUT2D eigenvalue weighted by atomic mass is 10.1. The number of aromatic amines is 1. The van der Waals surface area contributed by atoms with E-state index in [-0.39, 0.29) is 0 Å². The zero-order valence-electron chi connectivity index (χ0n) is 11.6. The van der Waals surface area contributed by atoms with Crippen molar-refractivity contribution in [1.82, 2.24) is 9.88 Å². The number of aromatic nitrogens is 1. The summed E-state index contributed by atoms with van der Waals surface area (Å²) in [6.45, 7) is 2.63. The number of unbranched alkanes of at least 4 members (excludes halogenated alkanes) is 1. The minimum Gasteiger partial charge on any atom is -0.360 e. The normalized spacial score (nSPS) is 10.8. The molecule has 0 saturated heterocycles. The van der Waals surface area contributed by atoms with Crippen LogP contribution in [0.1, 0.15) is 30.1 Å². The maximum absolute atomic E-state index is 12.3. The quantitative estimate of drug-likeness (QED) is 0.679. The number of hydrogen-bond donors (Lipinski definition) is 1. The lowest BCUT2D eigenvalue weighted by molar-refractivity contribution is -0.125. The van der Waals surface area contributed by atoms with Crippen LogP contribution in [0.25, 0.3) is 10.9 Å². The van der Waals surface area contributed by atoms with Gasteiger partial charge in [-0.3, -0.25) is 9.59 Å². The molecule has 1 amide bonds. The Bertz CT molecular complexity index is 648. The third-order valence-electron chi connectivity index (χ3n) is 3.28. The van der Waals surface area contributed by atoms with Crippen LogP contribution in [0.2, 0.25) is 5.02 Å². The molecule has 0 spiro atoms. The molecule has 0 aliphatic carbocycles. The Kier molecular flexibility index (Phi) is 4.45. The summed E-state index contributed by atoms with van der Waals surface area (Å²) in [5.74, 6) is -0.989. The van der Waals surface area contributed by atoms with Gasteiger partial charge in [0.2, 0.25) is 0 Å². The number of carbonyl (C=O) groups excluding carboxylic acids is 2. The summed E-state index contributed by atoms with van der Waals surface area (Å²) in [5, 5.41) is 1.22. The van der Waals surface area contributed by atoms with Crippen molar-refractivity contribution in [2.45, 2.75) is 19.8 Å². The maximum Gasteiger partial charge on any atom is 0.294 e. The highest BCUT2D eigenvalue weighted by atomic mass is 35.5. The van der Waals surface area contributed by atoms with Gasteiger partial charge in [0.05, 0.1) is 5.56 Å². The lowest BCUT2D eigenvalue weighted by Gasteiger charge is -2.15. The van der Waals surface area contributed by atoms with Crippen LogP contribution in [0.4, 0.5) is 0 Å². The summed E-state index contributed by atoms with van der Waals surface area (Å²) in [6.07, 6.45) is 3.43. The monoisotopic (exact) mass is 292 g/mol. The highest BCUT2D eigenvalue weighted by molar-refractivity contribution is 6.45. The van der Waals surface area contributed by atoms with E-state index in [1.807, 2.05) is 6.92 Å². The second-order valence-corrected chi connectivity index (χ2v) is 5.24. The molecule has 1 heterocycles. The summed E-state index contributed by atoms with van der Waals surface area (Å²) in [4.78, 5) is 28.8. The van der Waals surface area contributed by atoms with E-state index in [2.05, 4.69) is 4.98 Å². The molecule has 0 bridgehead atoms. The zero-order valence-corrected chi connectivity index (χ0v) is 12.3. The molecule has 1 aromatic heterocycles. The first-order valence-electron chi connectivity index (χ1n) is 6.61. The minimum absolute atomic E-state index is 0.371. The Morgan fingerprint density at radius 3 is 2.80 bits per heavy atom. The number of carbonyl (C=O) groups is 2. The molecule has 2 aromatic rings. The predicted molar refractivity (Wildman–Crippen MR) is 80.2 cm³/mol. The number of H-pyrrole nitrogens is 1. The number of amides is 1. The lowest BCUT2D eigenvalue weighted by Crippen LogP contribution is -2.33. The van der Waals surface area contributed by atoms with Gasteiger partial charge < -0.3 is 9.88 Å². The molecular formula is C15H17ClN2O2. The molecule has 0 radical (unpaired) electrons. The molecule has 0 aliphatic heterocycles. The summed E-state index contributed by atoms with van der Waals surface area (Å²) in [6, 6.07) is 5.23. The Morgan fingerprint density at radius 1 is 1.35 bits per heavy atom. The topological polar surface area (TPSA) is 53.2 Å². The van der Waals surface area contributed by atoms with Crippen molar-refractivity contribution in [2.24, 2.45) is 0 Å². The van der Waals surface area contributed by atoms with E-state index in [0.29, 0.717) is 22.5 Å². The number of halogens is 1. The number of rotatable bonds is 5. The highest BCUT2D eigenvalue weighted by Crippen LogP contribution is 2.23. The number of fused-ring (bicyclic) bond motifs is 1. The van der Waals surface area contributed by atoms with Crippen molar-refractivity contribution in [2.75, 3.05) is 13.6 Å². The van der Waals surface area contributed by atoms with Crippen LogP contribution >= 0.6 is 11.6 Å². The van der Waals surface area contributed by atoms with E-state index >= 15 is 0 Å². The molecule has 0 unspecified atom stereocenters. The molecule has 2 rings (SSSR count). The highest BCUT2D eigenvalue weighted by Gasteiger charge is 2.23. The first-order chi connectivity index (χ1) is 9.54. The third-order valence-corrected chi connectivity index (χ3v) is 3.51. The zero-order chi connectivity index (χ0) is 14.7. The molecule has 0 aliphatic rings. The van der Waals surface area contributed by atoms with E-state index in [1.165, 1.54) is 4.90 Å². The summed E-state index contributed by atoms with van der Waals surface area (Å²) in [7, 11) is 1.65. The van der Waals surface area contributed by atoms with Crippen LogP contribution in [0.5, 0.6) is 0 Å². The Hall–Kier alpha value is -1.81. The van der Waals surface area contributed by atoms with Gasteiger partial charge in [0.1, 0.15) is 0 Å². The van der Waals surface area contributed by atoms with Gasteiger partial charge in [-0.05, 0) is 24.6 Å². The van der Waals surface area contributed by atoms with Crippen molar-refractivity contribution in [3.05, 3.63) is 35.0 Å². The smallest absolute Gasteiger partial charge is 0.294 e. The average Bonchev–Trinajstić information content (AvgIpc) is 2.85. The van der Waals surface area contributed by atoms with Gasteiger partial charge >= 0.3 is 0 Å². The largest absolute Gasteiger partial charge is 0.360 e. The number of likely N-dealkylation sites (N-methyl/N-ethyl adjacent to an activating group) is 1. The summed E-state index contributed by atoms with van der Waals surface area (Å²) < 4.78 is 0. The SMILES string of the molecule is CCCCN(C)C(=O)C(=O)c1c[nH]c2ccc(Cl)cc12. The van der Waals surface area contributed by atoms with E-state index in [4.69, 9.17) is 11.6 Å². The number of hydrogen-bond acceptors (Lipinski definition) is 2. The number of nitrogens with one attached hydrogen (secondary N) is 1. The first kappa shape index (κ1) is 14.6. The van der Waals surface area contributed by atoms with E-state index in [1.54, 1.807) is 31.4 Å². The van der Waals surface area contributed by atoms with Crippen LogP contribution in [0.15, 0.2) is 24.4 Å². The van der Waals surface area contributed by atoms with Crippen molar-refractivity contribution < 1.29 is 9.59 Å². The van der Waals surface area contributed by atoms with Crippen LogP contribution in [0.3, 0.4) is 0 Å². The average molecular weight is 293 g/mol. The van der Waals surface area contributed by atoms with Crippen molar-refractivity contribution in [3.8, 4) is 0 Å². The third kappa shape index (κ3) is 2.85. The fourth-order valence-electron chi connectivity index (χ4n) is 2.07. The van der Waals surface area contributed by atoms with Crippen molar-refractivity contribution in [1.29, 1.82) is 0 Å². The molecule has 4 nitrogen and oxygen atoms in total. The van der Waals surface area contributed by atoms with Crippen LogP contribution < -0.4 is 0 Å². The molecule has 1 aromatic carbocycles. The van der Waals surface area contributed by atoms with Gasteiger partial charge in [-0.15, -0.1) is 0 Å². The molecule has 106 valence electrons. The standard InChI is InChI=1S/C15H17ClN2O2/c1-3-4-7-18(2)15(20)14(19)12-9-17-13-6-5-10(16)8-11(12)13/h5-6,8-9,17H,3-4,7H2,1-2H3. The second-order valence-electron chi connectivity index (χ2n) is 4.80. The molecule has 1 N–H and O–H groups in total. The number of benzene rings is 1. The van der Waals surface area contributed by atoms with Gasteiger partial charge in [0.25, 0.3) is 11.7 Å². The number of ketones is 1. The van der Waals surface area contributed by atoms with E-state index in [0.717, 1.165) is 18.4 Å². The Morgan fingerprint density at radius 2 is 2.10 bits per heavy atom. The van der Waals surface area contributed by atoms with Crippen LogP contribution in [0, 0.1) is 0 Å². The van der Waals surface area contributed by atoms with Crippen LogP contribution in [-0.2, 0) is 4.79 Å². The van der Waals surface area contributed by atoms with E-state index < -0.39 is 11.7 Å². The minimum atomic E-state index is -0.503. The summed E-state index contributed by atoms with van der Waals surface area (Å²) in [5.41, 5.74) is 1.16. The van der Waals surface area contributed by atoms with Gasteiger partial charge in [0.15, 0.2) is 0 Å². The Labute approximate surface area is 122 Å². The molecule has 0 fully saturated rings. The molecule has 5 heteroatoms. The Balaban J connectivity index is 2.27. The summed E-state index contributed by atoms with van der Waals surface area (Å²) >= 11 is 5.94. The fraction of sp³-hybridized carbons (Fsp3) is 0.333. The molecule has 0 atom stereocenters. The molecule has 0 saturated carbocycles. The number of nitrogens with zero attached hydrogens (tertiary/aromatic N) is 1. The van der Waals surface area contributed by atoms with Crippen molar-refractivity contribution >= 4 is 34.2 Å². The van der Waals surface area contributed by atoms with Gasteiger partial charge in [-0.25, -0.2) is 0 Å². The first-order valence-corrected chi connectivity index (χ1v) is 6.98. The predicted octanol–water partition coefficient (Wildman–Crippen LogP) is 3.26. The van der Waals surface area contributed by atoms with Gasteiger partial charge in [-0.2, -0.15) is 0 Å². The molecular weight excluding hydrogens is 276 g/mol. The molecule has 20 heavy (non-hydrogen) atoms. The van der Waals surface area contributed by atoms with Gasteiger partial charge in [-0.1, -0.05) is 24.9 Å². The van der Waals surface area contributed by atoms with Crippen molar-refractivity contribution in [3.63, 3.8) is 0 Å². The van der Waals surface area contributed by atoms with E-state index in [9.17, 15) is 9.59 Å². The second kappa shape index (κ2) is 6.09. The fourth-order valence-corrected chi connectivity index (χ4v) is 2.24. The van der Waals surface area contributed by atoms with Gasteiger partial charge in [0, 0.05) is 35.7 Å². The number of Topliss-reactive ketones (excluding diaryl/α,β-unsaturated/α-hetero) is 1. The maximum atomic E-state index is 12.3. The van der Waals surface area contributed by atoms with Crippen LogP contribution in [-0.4, -0.2) is 35.2 Å².